The van der Waals surface area contributed by atoms with E-state index >= 15 is 0 Å². The fraction of sp³-hybridized carbons (Fsp3) is 0.417. The summed E-state index contributed by atoms with van der Waals surface area (Å²) in [6, 6.07) is 9.59. The molecule has 8 heteroatoms. The summed E-state index contributed by atoms with van der Waals surface area (Å²) in [7, 11) is 1.92. The molecule has 2 amide bonds. The van der Waals surface area contributed by atoms with Gasteiger partial charge in [-0.1, -0.05) is 6.07 Å². The number of likely N-dealkylation sites (tertiary alicyclic amines) is 1. The lowest BCUT2D eigenvalue weighted by Gasteiger charge is -2.33. The van der Waals surface area contributed by atoms with Gasteiger partial charge >= 0.3 is 0 Å². The van der Waals surface area contributed by atoms with Crippen LogP contribution in [0.1, 0.15) is 41.9 Å². The van der Waals surface area contributed by atoms with E-state index in [4.69, 9.17) is 9.47 Å². The van der Waals surface area contributed by atoms with Crippen molar-refractivity contribution >= 4 is 33.4 Å². The summed E-state index contributed by atoms with van der Waals surface area (Å²) < 4.78 is 14.3. The van der Waals surface area contributed by atoms with Crippen LogP contribution in [0.15, 0.2) is 35.7 Å². The highest BCUT2D eigenvalue weighted by molar-refractivity contribution is 7.17. The number of aryl methyl sites for hydroxylation is 1. The molecule has 32 heavy (non-hydrogen) atoms. The Morgan fingerprint density at radius 3 is 2.78 bits per heavy atom. The molecule has 4 heterocycles. The van der Waals surface area contributed by atoms with E-state index in [0.717, 1.165) is 34.4 Å². The quantitative estimate of drug-likeness (QED) is 0.653. The largest absolute Gasteiger partial charge is 0.486 e. The zero-order valence-electron chi connectivity index (χ0n) is 18.3. The van der Waals surface area contributed by atoms with Gasteiger partial charge in [0.2, 0.25) is 5.91 Å². The summed E-state index contributed by atoms with van der Waals surface area (Å²) in [5.74, 6) is 1.21. The molecule has 0 saturated carbocycles. The first kappa shape index (κ1) is 20.9. The number of nitrogens with one attached hydrogen (secondary N) is 1. The number of hydrogen-bond donors (Lipinski definition) is 1. The summed E-state index contributed by atoms with van der Waals surface area (Å²) in [4.78, 5) is 28.0. The average Bonchev–Trinajstić information content (AvgIpc) is 3.41. The highest BCUT2D eigenvalue weighted by atomic mass is 32.1. The zero-order chi connectivity index (χ0) is 22.2. The molecule has 0 radical (unpaired) electrons. The minimum absolute atomic E-state index is 0.00622. The maximum Gasteiger partial charge on any atom is 0.270 e. The van der Waals surface area contributed by atoms with Crippen molar-refractivity contribution in [1.29, 1.82) is 0 Å². The predicted molar refractivity (Wildman–Crippen MR) is 123 cm³/mol. The first-order valence-corrected chi connectivity index (χ1v) is 11.9. The Kier molecular flexibility index (Phi) is 5.55. The molecule has 0 bridgehead atoms. The van der Waals surface area contributed by atoms with E-state index in [0.29, 0.717) is 37.7 Å². The standard InChI is InChI=1S/C24H27N3O4S/c1-15(16-5-6-20-21(12-16)31-10-9-30-20)25-23(28)17-4-3-8-27(14-17)24(29)19-13-22-18(26(19)2)7-11-32-22/h5-7,11-13,15,17H,3-4,8-10,14H2,1-2H3,(H,25,28)/t15-,17-/m1/s1. The number of hydrogen-bond acceptors (Lipinski definition) is 5. The van der Waals surface area contributed by atoms with Crippen molar-refractivity contribution in [3.63, 3.8) is 0 Å². The van der Waals surface area contributed by atoms with Crippen LogP contribution in [-0.4, -0.2) is 47.6 Å². The molecule has 7 nitrogen and oxygen atoms in total. The average molecular weight is 454 g/mol. The van der Waals surface area contributed by atoms with Crippen LogP contribution in [-0.2, 0) is 11.8 Å². The molecular weight excluding hydrogens is 426 g/mol. The highest BCUT2D eigenvalue weighted by Crippen LogP contribution is 2.33. The van der Waals surface area contributed by atoms with Crippen molar-refractivity contribution in [3.8, 4) is 11.5 Å². The Labute approximate surface area is 190 Å². The molecule has 2 aliphatic heterocycles. The smallest absolute Gasteiger partial charge is 0.270 e. The van der Waals surface area contributed by atoms with Gasteiger partial charge in [-0.2, -0.15) is 0 Å². The Morgan fingerprint density at radius 2 is 1.97 bits per heavy atom. The zero-order valence-corrected chi connectivity index (χ0v) is 19.1. The van der Waals surface area contributed by atoms with E-state index in [2.05, 4.69) is 5.32 Å². The van der Waals surface area contributed by atoms with Gasteiger partial charge in [0, 0.05) is 20.1 Å². The second-order valence-corrected chi connectivity index (χ2v) is 9.43. The van der Waals surface area contributed by atoms with Crippen LogP contribution in [0.5, 0.6) is 11.5 Å². The SMILES string of the molecule is C[C@@H](NC(=O)[C@@H]1CCCN(C(=O)c2cc3sccc3n2C)C1)c1ccc2c(c1)OCCO2. The van der Waals surface area contributed by atoms with Crippen molar-refractivity contribution in [2.24, 2.45) is 13.0 Å². The lowest BCUT2D eigenvalue weighted by atomic mass is 9.96. The topological polar surface area (TPSA) is 72.8 Å². The van der Waals surface area contributed by atoms with E-state index < -0.39 is 0 Å². The first-order chi connectivity index (χ1) is 15.5. The van der Waals surface area contributed by atoms with Crippen LogP contribution in [0.4, 0.5) is 0 Å². The third kappa shape index (κ3) is 3.83. The molecule has 0 aliphatic carbocycles. The number of carbonyl (C=O) groups is 2. The van der Waals surface area contributed by atoms with E-state index in [1.54, 1.807) is 11.3 Å². The molecule has 168 valence electrons. The van der Waals surface area contributed by atoms with Gasteiger partial charge in [0.1, 0.15) is 18.9 Å². The molecule has 0 unspecified atom stereocenters. The summed E-state index contributed by atoms with van der Waals surface area (Å²) in [5.41, 5.74) is 2.71. The van der Waals surface area contributed by atoms with Gasteiger partial charge in [-0.25, -0.2) is 0 Å². The maximum absolute atomic E-state index is 13.2. The van der Waals surface area contributed by atoms with Crippen LogP contribution in [0, 0.1) is 5.92 Å². The van der Waals surface area contributed by atoms with Gasteiger partial charge in [-0.05, 0) is 55.0 Å². The Hall–Kier alpha value is -3.00. The fourth-order valence-corrected chi connectivity index (χ4v) is 5.39. The maximum atomic E-state index is 13.2. The second kappa shape index (κ2) is 8.50. The number of ether oxygens (including phenoxy) is 2. The highest BCUT2D eigenvalue weighted by Gasteiger charge is 2.31. The number of rotatable bonds is 4. The molecule has 5 rings (SSSR count). The minimum atomic E-state index is -0.214. The Bertz CT molecular complexity index is 1170. The van der Waals surface area contributed by atoms with Crippen LogP contribution in [0.3, 0.4) is 0 Å². The van der Waals surface area contributed by atoms with Crippen LogP contribution >= 0.6 is 11.3 Å². The third-order valence-corrected chi connectivity index (χ3v) is 7.24. The summed E-state index contributed by atoms with van der Waals surface area (Å²) in [5, 5.41) is 5.15. The molecule has 2 aliphatic rings. The molecule has 1 N–H and O–H groups in total. The predicted octanol–water partition coefficient (Wildman–Crippen LogP) is 3.74. The lowest BCUT2D eigenvalue weighted by Crippen LogP contribution is -2.46. The number of aromatic nitrogens is 1. The van der Waals surface area contributed by atoms with Gasteiger partial charge in [-0.3, -0.25) is 9.59 Å². The molecule has 2 atom stereocenters. The molecule has 1 saturated heterocycles. The third-order valence-electron chi connectivity index (χ3n) is 6.39. The molecule has 0 spiro atoms. The summed E-state index contributed by atoms with van der Waals surface area (Å²) in [6.07, 6.45) is 1.60. The van der Waals surface area contributed by atoms with Crippen molar-refractivity contribution in [1.82, 2.24) is 14.8 Å². The molecule has 3 aromatic rings. The number of carbonyl (C=O) groups excluding carboxylic acids is 2. The summed E-state index contributed by atoms with van der Waals surface area (Å²) in [6.45, 7) is 4.17. The van der Waals surface area contributed by atoms with Crippen LogP contribution in [0.25, 0.3) is 10.2 Å². The van der Waals surface area contributed by atoms with Crippen molar-refractivity contribution in [2.45, 2.75) is 25.8 Å². The van der Waals surface area contributed by atoms with Gasteiger partial charge in [-0.15, -0.1) is 11.3 Å². The number of amides is 2. The van der Waals surface area contributed by atoms with Gasteiger partial charge in [0.25, 0.3) is 5.91 Å². The van der Waals surface area contributed by atoms with Crippen molar-refractivity contribution in [2.75, 3.05) is 26.3 Å². The number of fused-ring (bicyclic) bond motifs is 2. The molecule has 1 fully saturated rings. The van der Waals surface area contributed by atoms with E-state index in [9.17, 15) is 9.59 Å². The number of benzene rings is 1. The van der Waals surface area contributed by atoms with Crippen LogP contribution in [0.2, 0.25) is 0 Å². The minimum Gasteiger partial charge on any atom is -0.486 e. The molecule has 1 aromatic carbocycles. The van der Waals surface area contributed by atoms with Crippen LogP contribution < -0.4 is 14.8 Å². The summed E-state index contributed by atoms with van der Waals surface area (Å²) >= 11 is 1.63. The number of thiophene rings is 1. The fourth-order valence-electron chi connectivity index (χ4n) is 4.54. The van der Waals surface area contributed by atoms with Crippen molar-refractivity contribution < 1.29 is 19.1 Å². The molecular formula is C24H27N3O4S. The lowest BCUT2D eigenvalue weighted by molar-refractivity contribution is -0.127. The van der Waals surface area contributed by atoms with E-state index in [1.807, 2.05) is 59.2 Å². The van der Waals surface area contributed by atoms with E-state index in [1.165, 1.54) is 0 Å². The number of nitrogens with zero attached hydrogens (tertiary/aromatic N) is 2. The Balaban J connectivity index is 1.25. The normalized spacial score (nSPS) is 19.1. The Morgan fingerprint density at radius 1 is 1.16 bits per heavy atom. The number of piperidine rings is 1. The van der Waals surface area contributed by atoms with Gasteiger partial charge < -0.3 is 24.3 Å². The van der Waals surface area contributed by atoms with Crippen molar-refractivity contribution in [3.05, 3.63) is 47.0 Å². The van der Waals surface area contributed by atoms with Gasteiger partial charge in [0.15, 0.2) is 11.5 Å². The molecule has 2 aromatic heterocycles. The van der Waals surface area contributed by atoms with Gasteiger partial charge in [0.05, 0.1) is 22.2 Å². The first-order valence-electron chi connectivity index (χ1n) is 11.0. The monoisotopic (exact) mass is 453 g/mol. The second-order valence-electron chi connectivity index (χ2n) is 8.48. The van der Waals surface area contributed by atoms with E-state index in [-0.39, 0.29) is 23.8 Å².